The van der Waals surface area contributed by atoms with Gasteiger partial charge in [0, 0.05) is 20.3 Å². The lowest BCUT2D eigenvalue weighted by Crippen LogP contribution is -2.32. The van der Waals surface area contributed by atoms with Gasteiger partial charge in [0.25, 0.3) is 5.91 Å². The number of benzene rings is 1. The molecule has 0 bridgehead atoms. The monoisotopic (exact) mass is 280 g/mol. The van der Waals surface area contributed by atoms with Gasteiger partial charge in [-0.3, -0.25) is 4.79 Å². The van der Waals surface area contributed by atoms with E-state index in [-0.39, 0.29) is 10.9 Å². The summed E-state index contributed by atoms with van der Waals surface area (Å²) in [6, 6.07) is 7.90. The average molecular weight is 281 g/mol. The highest BCUT2D eigenvalue weighted by molar-refractivity contribution is 9.09. The van der Waals surface area contributed by atoms with Crippen molar-refractivity contribution in [1.82, 2.24) is 10.2 Å². The van der Waals surface area contributed by atoms with E-state index in [1.165, 1.54) is 0 Å². The molecule has 3 nitrogen and oxygen atoms in total. The molecule has 0 radical (unpaired) electrons. The molecule has 1 aliphatic rings. The lowest BCUT2D eigenvalue weighted by atomic mass is 9.96. The van der Waals surface area contributed by atoms with Crippen molar-refractivity contribution in [2.24, 2.45) is 0 Å². The first-order valence-electron chi connectivity index (χ1n) is 5.02. The van der Waals surface area contributed by atoms with Gasteiger partial charge < -0.3 is 10.2 Å². The minimum absolute atomic E-state index is 0.0470. The summed E-state index contributed by atoms with van der Waals surface area (Å²) >= 11 is 3.45. The summed E-state index contributed by atoms with van der Waals surface area (Å²) in [5, 5.41) is 2.87. The molecular weight excluding hydrogens is 268 g/mol. The van der Waals surface area contributed by atoms with E-state index in [0.29, 0.717) is 5.57 Å². The van der Waals surface area contributed by atoms with Gasteiger partial charge in [-0.15, -0.1) is 0 Å². The van der Waals surface area contributed by atoms with Crippen LogP contribution in [0.15, 0.2) is 30.5 Å². The number of carbonyl (C=O) groups excluding carboxylic acids is 1. The van der Waals surface area contributed by atoms with Crippen LogP contribution in [0, 0.1) is 0 Å². The first-order chi connectivity index (χ1) is 7.59. The Hall–Kier alpha value is -1.29. The molecule has 1 amide bonds. The van der Waals surface area contributed by atoms with Crippen LogP contribution >= 0.6 is 15.9 Å². The Morgan fingerprint density at radius 3 is 2.75 bits per heavy atom. The molecule has 0 aromatic heterocycles. The number of amides is 1. The van der Waals surface area contributed by atoms with Crippen molar-refractivity contribution in [2.75, 3.05) is 14.1 Å². The first-order valence-corrected chi connectivity index (χ1v) is 5.93. The second-order valence-corrected chi connectivity index (χ2v) is 4.85. The van der Waals surface area contributed by atoms with Crippen LogP contribution in [0.1, 0.15) is 16.1 Å². The molecule has 0 fully saturated rings. The smallest absolute Gasteiger partial charge is 0.254 e. The number of hydrogen-bond acceptors (Lipinski definition) is 2. The number of hydrogen-bond donors (Lipinski definition) is 1. The van der Waals surface area contributed by atoms with Crippen LogP contribution in [0.3, 0.4) is 0 Å². The molecule has 4 heteroatoms. The van der Waals surface area contributed by atoms with Crippen molar-refractivity contribution in [2.45, 2.75) is 4.95 Å². The predicted octanol–water partition coefficient (Wildman–Crippen LogP) is 2.11. The summed E-state index contributed by atoms with van der Waals surface area (Å²) in [5.74, 6) is -0.0470. The molecule has 1 atom stereocenters. The molecule has 0 aliphatic carbocycles. The lowest BCUT2D eigenvalue weighted by molar-refractivity contribution is -0.116. The molecule has 1 N–H and O–H groups in total. The maximum atomic E-state index is 11.9. The molecule has 1 aromatic carbocycles. The molecule has 0 spiro atoms. The Morgan fingerprint density at radius 2 is 2.06 bits per heavy atom. The summed E-state index contributed by atoms with van der Waals surface area (Å²) in [6.07, 6.45) is 1.84. The predicted molar refractivity (Wildman–Crippen MR) is 67.9 cm³/mol. The van der Waals surface area contributed by atoms with Gasteiger partial charge in [-0.2, -0.15) is 0 Å². The lowest BCUT2D eigenvalue weighted by Gasteiger charge is -2.25. The number of carbonyl (C=O) groups is 1. The molecule has 0 saturated carbocycles. The summed E-state index contributed by atoms with van der Waals surface area (Å²) in [5.41, 5.74) is 2.79. The van der Waals surface area contributed by atoms with E-state index in [1.807, 2.05) is 49.5 Å². The maximum Gasteiger partial charge on any atom is 0.254 e. The third-order valence-corrected chi connectivity index (χ3v) is 3.14. The van der Waals surface area contributed by atoms with Crippen LogP contribution in [0.25, 0.3) is 5.57 Å². The molecule has 1 heterocycles. The fourth-order valence-electron chi connectivity index (χ4n) is 1.74. The topological polar surface area (TPSA) is 32.3 Å². The van der Waals surface area contributed by atoms with Crippen LogP contribution in [0.4, 0.5) is 0 Å². The van der Waals surface area contributed by atoms with E-state index in [1.54, 1.807) is 0 Å². The van der Waals surface area contributed by atoms with Crippen molar-refractivity contribution in [3.05, 3.63) is 41.6 Å². The highest BCUT2D eigenvalue weighted by Crippen LogP contribution is 2.33. The molecule has 16 heavy (non-hydrogen) atoms. The van der Waals surface area contributed by atoms with Crippen molar-refractivity contribution < 1.29 is 4.79 Å². The van der Waals surface area contributed by atoms with Crippen LogP contribution in [0.2, 0.25) is 0 Å². The Kier molecular flexibility index (Phi) is 3.01. The van der Waals surface area contributed by atoms with Crippen LogP contribution in [-0.2, 0) is 4.79 Å². The van der Waals surface area contributed by atoms with Crippen molar-refractivity contribution in [1.29, 1.82) is 0 Å². The largest absolute Gasteiger partial charge is 0.383 e. The highest BCUT2D eigenvalue weighted by Gasteiger charge is 2.26. The van der Waals surface area contributed by atoms with E-state index >= 15 is 0 Å². The Labute approximate surface area is 103 Å². The van der Waals surface area contributed by atoms with Crippen molar-refractivity contribution in [3.63, 3.8) is 0 Å². The number of nitrogens with one attached hydrogen (secondary N) is 1. The van der Waals surface area contributed by atoms with Crippen molar-refractivity contribution in [3.8, 4) is 0 Å². The van der Waals surface area contributed by atoms with E-state index in [0.717, 1.165) is 11.1 Å². The quantitative estimate of drug-likeness (QED) is 0.486. The highest BCUT2D eigenvalue weighted by atomic mass is 79.9. The minimum Gasteiger partial charge on any atom is -0.383 e. The van der Waals surface area contributed by atoms with E-state index < -0.39 is 0 Å². The number of nitrogens with zero attached hydrogens (tertiary/aromatic N) is 1. The SMILES string of the molecule is CN(C)/C=C1\C(=O)NC(Br)c2ccccc21. The van der Waals surface area contributed by atoms with Gasteiger partial charge >= 0.3 is 0 Å². The maximum absolute atomic E-state index is 11.9. The van der Waals surface area contributed by atoms with Gasteiger partial charge in [-0.1, -0.05) is 40.2 Å². The van der Waals surface area contributed by atoms with Gasteiger partial charge in [-0.05, 0) is 11.1 Å². The van der Waals surface area contributed by atoms with Gasteiger partial charge in [0.2, 0.25) is 0 Å². The number of rotatable bonds is 1. The van der Waals surface area contributed by atoms with Crippen LogP contribution in [-0.4, -0.2) is 24.9 Å². The van der Waals surface area contributed by atoms with Crippen molar-refractivity contribution >= 4 is 27.4 Å². The fraction of sp³-hybridized carbons (Fsp3) is 0.250. The molecule has 2 rings (SSSR count). The molecular formula is C12H13BrN2O. The van der Waals surface area contributed by atoms with Gasteiger partial charge in [0.1, 0.15) is 4.95 Å². The third-order valence-electron chi connectivity index (χ3n) is 2.41. The van der Waals surface area contributed by atoms with Gasteiger partial charge in [-0.25, -0.2) is 0 Å². The Bertz CT molecular complexity index is 454. The molecule has 84 valence electrons. The number of fused-ring (bicyclic) bond motifs is 1. The third kappa shape index (κ3) is 1.97. The summed E-state index contributed by atoms with van der Waals surface area (Å²) < 4.78 is 0. The molecule has 0 saturated heterocycles. The summed E-state index contributed by atoms with van der Waals surface area (Å²) in [7, 11) is 3.81. The van der Waals surface area contributed by atoms with E-state index in [4.69, 9.17) is 0 Å². The zero-order valence-corrected chi connectivity index (χ0v) is 10.8. The van der Waals surface area contributed by atoms with Gasteiger partial charge in [0.15, 0.2) is 0 Å². The summed E-state index contributed by atoms with van der Waals surface area (Å²) in [4.78, 5) is 13.6. The zero-order valence-electron chi connectivity index (χ0n) is 9.20. The van der Waals surface area contributed by atoms with Crippen LogP contribution < -0.4 is 5.32 Å². The summed E-state index contributed by atoms with van der Waals surface area (Å²) in [6.45, 7) is 0. The van der Waals surface area contributed by atoms with Crippen LogP contribution in [0.5, 0.6) is 0 Å². The fourth-order valence-corrected chi connectivity index (χ4v) is 2.35. The standard InChI is InChI=1S/C12H13BrN2O/c1-15(2)7-10-8-5-3-4-6-9(8)11(13)14-12(10)16/h3-7,11H,1-2H3,(H,14,16)/b10-7-. The first kappa shape index (κ1) is 11.2. The Morgan fingerprint density at radius 1 is 1.38 bits per heavy atom. The second kappa shape index (κ2) is 4.29. The van der Waals surface area contributed by atoms with E-state index in [9.17, 15) is 4.79 Å². The molecule has 1 unspecified atom stereocenters. The zero-order chi connectivity index (χ0) is 11.7. The Balaban J connectivity index is 2.56. The molecule has 1 aliphatic heterocycles. The second-order valence-electron chi connectivity index (χ2n) is 3.93. The van der Waals surface area contributed by atoms with Gasteiger partial charge in [0.05, 0.1) is 5.57 Å². The number of alkyl halides is 1. The van der Waals surface area contributed by atoms with E-state index in [2.05, 4.69) is 21.2 Å². The average Bonchev–Trinajstić information content (AvgIpc) is 2.24. The minimum atomic E-state index is -0.101. The normalized spacial score (nSPS) is 21.6. The number of halogens is 1. The molecule has 1 aromatic rings.